The Morgan fingerprint density at radius 2 is 2.00 bits per heavy atom. The number of rotatable bonds is 4. The predicted octanol–water partition coefficient (Wildman–Crippen LogP) is 4.67. The Bertz CT molecular complexity index is 405. The number of anilines is 1. The van der Waals surface area contributed by atoms with Crippen LogP contribution in [0.1, 0.15) is 26.2 Å². The lowest BCUT2D eigenvalue weighted by molar-refractivity contribution is 0.318. The fourth-order valence-corrected chi connectivity index (χ4v) is 2.62. The summed E-state index contributed by atoms with van der Waals surface area (Å²) >= 11 is 18.0. The standard InChI is InChI=1S/C12H15Cl3N2/c1-2-17(7-8-4-3-5-8)12-10(14)6-9(13)11(15)16-12/h6,8H,2-5,7H2,1H3. The lowest BCUT2D eigenvalue weighted by Gasteiger charge is -2.32. The Hall–Kier alpha value is -0.180. The number of aromatic nitrogens is 1. The Balaban J connectivity index is 2.19. The number of hydrogen-bond donors (Lipinski definition) is 0. The molecule has 1 aromatic heterocycles. The summed E-state index contributed by atoms with van der Waals surface area (Å²) in [5.74, 6) is 1.51. The highest BCUT2D eigenvalue weighted by atomic mass is 35.5. The normalized spacial score (nSPS) is 15.8. The summed E-state index contributed by atoms with van der Waals surface area (Å²) in [4.78, 5) is 6.46. The van der Waals surface area contributed by atoms with Gasteiger partial charge < -0.3 is 4.90 Å². The molecule has 1 aliphatic carbocycles. The minimum atomic E-state index is 0.318. The average Bonchev–Trinajstić information content (AvgIpc) is 2.23. The lowest BCUT2D eigenvalue weighted by Crippen LogP contribution is -2.33. The monoisotopic (exact) mass is 292 g/mol. The maximum absolute atomic E-state index is 6.17. The summed E-state index contributed by atoms with van der Waals surface area (Å²) in [6.45, 7) is 3.97. The van der Waals surface area contributed by atoms with Crippen molar-refractivity contribution in [3.63, 3.8) is 0 Å². The van der Waals surface area contributed by atoms with Gasteiger partial charge in [0.15, 0.2) is 0 Å². The zero-order chi connectivity index (χ0) is 12.4. The molecule has 1 saturated carbocycles. The van der Waals surface area contributed by atoms with E-state index in [0.717, 1.165) is 24.8 Å². The second-order valence-electron chi connectivity index (χ2n) is 4.40. The van der Waals surface area contributed by atoms with Crippen LogP contribution in [0.5, 0.6) is 0 Å². The van der Waals surface area contributed by atoms with Gasteiger partial charge in [-0.15, -0.1) is 0 Å². The topological polar surface area (TPSA) is 16.1 Å². The first kappa shape index (κ1) is 13.3. The molecule has 0 atom stereocenters. The first-order valence-electron chi connectivity index (χ1n) is 5.88. The van der Waals surface area contributed by atoms with E-state index in [-0.39, 0.29) is 0 Å². The Kier molecular flexibility index (Phi) is 4.40. The molecule has 2 nitrogen and oxygen atoms in total. The van der Waals surface area contributed by atoms with Gasteiger partial charge >= 0.3 is 0 Å². The molecule has 0 aromatic carbocycles. The van der Waals surface area contributed by atoms with Crippen LogP contribution in [0.15, 0.2) is 6.07 Å². The summed E-state index contributed by atoms with van der Waals surface area (Å²) in [6, 6.07) is 1.66. The number of nitrogens with zero attached hydrogens (tertiary/aromatic N) is 2. The van der Waals surface area contributed by atoms with Crippen molar-refractivity contribution < 1.29 is 0 Å². The van der Waals surface area contributed by atoms with Gasteiger partial charge in [0, 0.05) is 13.1 Å². The minimum absolute atomic E-state index is 0.318. The predicted molar refractivity (Wildman–Crippen MR) is 74.5 cm³/mol. The van der Waals surface area contributed by atoms with Crippen LogP contribution in [0.25, 0.3) is 0 Å². The van der Waals surface area contributed by atoms with E-state index in [1.54, 1.807) is 6.07 Å². The summed E-state index contributed by atoms with van der Waals surface area (Å²) in [6.07, 6.45) is 3.94. The number of pyridine rings is 1. The first-order valence-corrected chi connectivity index (χ1v) is 7.01. The molecule has 17 heavy (non-hydrogen) atoms. The van der Waals surface area contributed by atoms with Gasteiger partial charge in [0.1, 0.15) is 11.0 Å². The van der Waals surface area contributed by atoms with Crippen molar-refractivity contribution >= 4 is 40.6 Å². The van der Waals surface area contributed by atoms with Crippen LogP contribution in [0.2, 0.25) is 15.2 Å². The van der Waals surface area contributed by atoms with Crippen LogP contribution in [0.3, 0.4) is 0 Å². The molecule has 1 aromatic rings. The molecule has 1 aliphatic rings. The van der Waals surface area contributed by atoms with Gasteiger partial charge in [0.05, 0.1) is 10.0 Å². The quantitative estimate of drug-likeness (QED) is 0.750. The first-order chi connectivity index (χ1) is 8.11. The molecule has 0 spiro atoms. The van der Waals surface area contributed by atoms with Crippen LogP contribution in [-0.2, 0) is 0 Å². The van der Waals surface area contributed by atoms with Crippen LogP contribution >= 0.6 is 34.8 Å². The third-order valence-electron chi connectivity index (χ3n) is 3.25. The van der Waals surface area contributed by atoms with Gasteiger partial charge in [-0.1, -0.05) is 41.2 Å². The van der Waals surface area contributed by atoms with Gasteiger partial charge in [-0.3, -0.25) is 0 Å². The second-order valence-corrected chi connectivity index (χ2v) is 5.57. The molecular formula is C12H15Cl3N2. The molecule has 0 saturated heterocycles. The Morgan fingerprint density at radius 1 is 1.29 bits per heavy atom. The smallest absolute Gasteiger partial charge is 0.150 e. The molecule has 0 unspecified atom stereocenters. The van der Waals surface area contributed by atoms with Crippen LogP contribution < -0.4 is 4.90 Å². The van der Waals surface area contributed by atoms with Crippen molar-refractivity contribution in [3.8, 4) is 0 Å². The van der Waals surface area contributed by atoms with Gasteiger partial charge in [0.25, 0.3) is 0 Å². The van der Waals surface area contributed by atoms with Crippen LogP contribution in [0, 0.1) is 5.92 Å². The molecular weight excluding hydrogens is 279 g/mol. The fourth-order valence-electron chi connectivity index (χ4n) is 2.01. The van der Waals surface area contributed by atoms with E-state index >= 15 is 0 Å². The Morgan fingerprint density at radius 3 is 2.53 bits per heavy atom. The van der Waals surface area contributed by atoms with E-state index in [2.05, 4.69) is 16.8 Å². The van der Waals surface area contributed by atoms with Gasteiger partial charge in [0.2, 0.25) is 0 Å². The molecule has 0 aliphatic heterocycles. The van der Waals surface area contributed by atoms with Gasteiger partial charge in [-0.25, -0.2) is 4.98 Å². The third-order valence-corrected chi connectivity index (χ3v) is 4.20. The second kappa shape index (κ2) is 5.64. The largest absolute Gasteiger partial charge is 0.355 e. The molecule has 1 heterocycles. The number of hydrogen-bond acceptors (Lipinski definition) is 2. The SMILES string of the molecule is CCN(CC1CCC1)c1nc(Cl)c(Cl)cc1Cl. The third kappa shape index (κ3) is 2.98. The van der Waals surface area contributed by atoms with Crippen molar-refractivity contribution in [3.05, 3.63) is 21.3 Å². The lowest BCUT2D eigenvalue weighted by atomic mass is 9.85. The zero-order valence-electron chi connectivity index (χ0n) is 9.72. The van der Waals surface area contributed by atoms with Crippen molar-refractivity contribution in [1.29, 1.82) is 0 Å². The molecule has 0 radical (unpaired) electrons. The molecule has 2 rings (SSSR count). The van der Waals surface area contributed by atoms with Gasteiger partial charge in [-0.2, -0.15) is 0 Å². The zero-order valence-corrected chi connectivity index (χ0v) is 12.0. The number of halogens is 3. The van der Waals surface area contributed by atoms with E-state index in [1.165, 1.54) is 19.3 Å². The van der Waals surface area contributed by atoms with Crippen molar-refractivity contribution in [2.75, 3.05) is 18.0 Å². The molecule has 5 heteroatoms. The highest BCUT2D eigenvalue weighted by Crippen LogP contribution is 2.34. The minimum Gasteiger partial charge on any atom is -0.355 e. The molecule has 1 fully saturated rings. The molecule has 0 amide bonds. The summed E-state index contributed by atoms with van der Waals surface area (Å²) in [5.41, 5.74) is 0. The summed E-state index contributed by atoms with van der Waals surface area (Å²) in [5, 5.41) is 1.29. The van der Waals surface area contributed by atoms with E-state index in [0.29, 0.717) is 15.2 Å². The maximum Gasteiger partial charge on any atom is 0.150 e. The van der Waals surface area contributed by atoms with E-state index in [4.69, 9.17) is 34.8 Å². The average molecular weight is 294 g/mol. The summed E-state index contributed by atoms with van der Waals surface area (Å²) < 4.78 is 0. The fraction of sp³-hybridized carbons (Fsp3) is 0.583. The van der Waals surface area contributed by atoms with E-state index in [9.17, 15) is 0 Å². The van der Waals surface area contributed by atoms with E-state index < -0.39 is 0 Å². The maximum atomic E-state index is 6.17. The van der Waals surface area contributed by atoms with Crippen molar-refractivity contribution in [1.82, 2.24) is 4.98 Å². The van der Waals surface area contributed by atoms with Crippen LogP contribution in [0.4, 0.5) is 5.82 Å². The van der Waals surface area contributed by atoms with Crippen molar-refractivity contribution in [2.45, 2.75) is 26.2 Å². The van der Waals surface area contributed by atoms with E-state index in [1.807, 2.05) is 0 Å². The Labute approximate surface area is 117 Å². The highest BCUT2D eigenvalue weighted by Gasteiger charge is 2.22. The van der Waals surface area contributed by atoms with Crippen molar-refractivity contribution in [2.24, 2.45) is 5.92 Å². The highest BCUT2D eigenvalue weighted by molar-refractivity contribution is 6.42. The molecule has 94 valence electrons. The van der Waals surface area contributed by atoms with Crippen LogP contribution in [-0.4, -0.2) is 18.1 Å². The molecule has 0 N–H and O–H groups in total. The molecule has 0 bridgehead atoms. The van der Waals surface area contributed by atoms with Gasteiger partial charge in [-0.05, 0) is 31.7 Å². The summed E-state index contributed by atoms with van der Waals surface area (Å²) in [7, 11) is 0.